The smallest absolute Gasteiger partial charge is 0.304 e. The zero-order valence-electron chi connectivity index (χ0n) is 26.1. The summed E-state index contributed by atoms with van der Waals surface area (Å²) in [7, 11) is 0. The molecule has 2 saturated carbocycles. The topological polar surface area (TPSA) is 139 Å². The number of hydrogen-bond donors (Lipinski definition) is 2. The summed E-state index contributed by atoms with van der Waals surface area (Å²) in [4.78, 5) is 23.9. The van der Waals surface area contributed by atoms with Crippen LogP contribution in [0, 0.1) is 16.7 Å². The fraction of sp³-hybridized carbons (Fsp3) is 0.457. The first-order valence-electron chi connectivity index (χ1n) is 16.3. The summed E-state index contributed by atoms with van der Waals surface area (Å²) < 4.78 is 9.97. The van der Waals surface area contributed by atoms with Crippen LogP contribution >= 0.6 is 0 Å². The minimum Gasteiger partial charge on any atom is -0.377 e. The van der Waals surface area contributed by atoms with Gasteiger partial charge >= 0.3 is 6.41 Å². The molecule has 11 heteroatoms. The third-order valence-electron chi connectivity index (χ3n) is 9.80. The van der Waals surface area contributed by atoms with Crippen LogP contribution in [0.1, 0.15) is 86.7 Å². The molecule has 1 atom stereocenters. The minimum absolute atomic E-state index is 0.00418. The summed E-state index contributed by atoms with van der Waals surface area (Å²) in [5.41, 5.74) is 5.15. The lowest BCUT2D eigenvalue weighted by molar-refractivity contribution is -0.0896. The number of aliphatic hydroxyl groups is 1. The van der Waals surface area contributed by atoms with Gasteiger partial charge in [0.2, 0.25) is 5.78 Å². The van der Waals surface area contributed by atoms with Crippen molar-refractivity contribution in [2.24, 2.45) is 10.6 Å². The van der Waals surface area contributed by atoms with E-state index in [1.165, 1.54) is 0 Å². The summed E-state index contributed by atoms with van der Waals surface area (Å²) in [6, 6.07) is 18.5. The van der Waals surface area contributed by atoms with E-state index >= 15 is 0 Å². The van der Waals surface area contributed by atoms with Crippen molar-refractivity contribution in [2.45, 2.75) is 89.7 Å². The molecule has 1 unspecified atom stereocenters. The van der Waals surface area contributed by atoms with Gasteiger partial charge < -0.3 is 20.0 Å². The number of benzene rings is 2. The van der Waals surface area contributed by atoms with E-state index in [1.54, 1.807) is 6.33 Å². The van der Waals surface area contributed by atoms with Crippen LogP contribution in [-0.2, 0) is 22.4 Å². The Balaban J connectivity index is 1.14. The highest BCUT2D eigenvalue weighted by Crippen LogP contribution is 2.41. The van der Waals surface area contributed by atoms with E-state index in [0.29, 0.717) is 24.6 Å². The SMILES string of the molecule is CCCc1c(Cc2ccc(-c3ccccc3C3=NOC(O)N3)cc2)c(=O)n([C@H]2CC[C@H](OCC3(C#N)CCC3)CC2)c2ncnn12. The summed E-state index contributed by atoms with van der Waals surface area (Å²) in [5.74, 6) is 1.08. The van der Waals surface area contributed by atoms with Crippen LogP contribution in [0.5, 0.6) is 0 Å². The third-order valence-corrected chi connectivity index (χ3v) is 9.80. The Morgan fingerprint density at radius 1 is 1.11 bits per heavy atom. The lowest BCUT2D eigenvalue weighted by Gasteiger charge is -2.37. The molecule has 46 heavy (non-hydrogen) atoms. The minimum atomic E-state index is -1.16. The van der Waals surface area contributed by atoms with E-state index < -0.39 is 6.41 Å². The van der Waals surface area contributed by atoms with Crippen molar-refractivity contribution < 1.29 is 14.7 Å². The second-order valence-electron chi connectivity index (χ2n) is 12.8. The maximum absolute atomic E-state index is 14.4. The number of rotatable bonds is 10. The van der Waals surface area contributed by atoms with Crippen LogP contribution in [-0.4, -0.2) is 49.2 Å². The molecule has 1 aliphatic heterocycles. The molecular formula is C35H39N7O4. The van der Waals surface area contributed by atoms with Crippen molar-refractivity contribution in [1.29, 1.82) is 5.26 Å². The van der Waals surface area contributed by atoms with E-state index in [4.69, 9.17) is 9.57 Å². The number of aliphatic hydroxyl groups excluding tert-OH is 1. The summed E-state index contributed by atoms with van der Waals surface area (Å²) in [5, 5.41) is 30.7. The Kier molecular flexibility index (Phi) is 8.32. The summed E-state index contributed by atoms with van der Waals surface area (Å²) in [6.45, 7) is 2.62. The fourth-order valence-corrected chi connectivity index (χ4v) is 7.06. The first kappa shape index (κ1) is 30.1. The van der Waals surface area contributed by atoms with Crippen molar-refractivity contribution in [3.63, 3.8) is 0 Å². The molecule has 0 radical (unpaired) electrons. The number of nitrogens with zero attached hydrogens (tertiary/aromatic N) is 6. The van der Waals surface area contributed by atoms with Crippen molar-refractivity contribution in [2.75, 3.05) is 6.61 Å². The number of amidine groups is 1. The number of aryl methyl sites for hydroxylation is 1. The maximum Gasteiger partial charge on any atom is 0.304 e. The van der Waals surface area contributed by atoms with Gasteiger partial charge in [0, 0.05) is 23.6 Å². The van der Waals surface area contributed by atoms with E-state index in [-0.39, 0.29) is 23.1 Å². The predicted molar refractivity (Wildman–Crippen MR) is 172 cm³/mol. The molecule has 3 aliphatic rings. The lowest BCUT2D eigenvalue weighted by Crippen LogP contribution is -2.37. The normalized spacial score (nSPS) is 22.0. The lowest BCUT2D eigenvalue weighted by atomic mass is 9.70. The zero-order valence-corrected chi connectivity index (χ0v) is 26.1. The van der Waals surface area contributed by atoms with Gasteiger partial charge in [-0.3, -0.25) is 9.36 Å². The van der Waals surface area contributed by atoms with Crippen LogP contribution < -0.4 is 10.9 Å². The average Bonchev–Trinajstić information content (AvgIpc) is 3.73. The van der Waals surface area contributed by atoms with Gasteiger partial charge in [0.15, 0.2) is 5.84 Å². The maximum atomic E-state index is 14.4. The number of ether oxygens (including phenoxy) is 1. The molecule has 0 amide bonds. The molecule has 4 aromatic rings. The molecule has 2 aliphatic carbocycles. The summed E-state index contributed by atoms with van der Waals surface area (Å²) in [6.07, 6.45) is 8.86. The van der Waals surface area contributed by atoms with E-state index in [9.17, 15) is 15.2 Å². The van der Waals surface area contributed by atoms with Crippen LogP contribution in [0.4, 0.5) is 0 Å². The summed E-state index contributed by atoms with van der Waals surface area (Å²) >= 11 is 0. The van der Waals surface area contributed by atoms with Crippen molar-refractivity contribution in [1.82, 2.24) is 24.5 Å². The van der Waals surface area contributed by atoms with E-state index in [0.717, 1.165) is 91.3 Å². The Morgan fingerprint density at radius 3 is 2.52 bits per heavy atom. The van der Waals surface area contributed by atoms with Crippen LogP contribution in [0.3, 0.4) is 0 Å². The van der Waals surface area contributed by atoms with Gasteiger partial charge in [-0.25, -0.2) is 4.52 Å². The molecule has 2 aromatic heterocycles. The van der Waals surface area contributed by atoms with Crippen LogP contribution in [0.15, 0.2) is 64.8 Å². The van der Waals surface area contributed by atoms with Crippen molar-refractivity contribution in [3.8, 4) is 17.2 Å². The van der Waals surface area contributed by atoms with E-state index in [2.05, 4.69) is 45.7 Å². The van der Waals surface area contributed by atoms with Gasteiger partial charge in [-0.15, -0.1) is 0 Å². The molecular weight excluding hydrogens is 582 g/mol. The van der Waals surface area contributed by atoms with E-state index in [1.807, 2.05) is 45.5 Å². The number of nitrogens with one attached hydrogen (secondary N) is 1. The van der Waals surface area contributed by atoms with Crippen LogP contribution in [0.25, 0.3) is 16.9 Å². The van der Waals surface area contributed by atoms with Gasteiger partial charge in [-0.1, -0.05) is 73.5 Å². The predicted octanol–water partition coefficient (Wildman–Crippen LogP) is 4.85. The third kappa shape index (κ3) is 5.67. The molecule has 11 nitrogen and oxygen atoms in total. The Bertz CT molecular complexity index is 1840. The largest absolute Gasteiger partial charge is 0.377 e. The Morgan fingerprint density at radius 2 is 1.87 bits per heavy atom. The second-order valence-corrected chi connectivity index (χ2v) is 12.8. The van der Waals surface area contributed by atoms with Gasteiger partial charge in [0.25, 0.3) is 5.56 Å². The fourth-order valence-electron chi connectivity index (χ4n) is 7.06. The molecule has 3 heterocycles. The molecule has 2 N–H and O–H groups in total. The molecule has 238 valence electrons. The number of aromatic nitrogens is 4. The van der Waals surface area contributed by atoms with Crippen molar-refractivity contribution in [3.05, 3.63) is 87.6 Å². The Hall–Kier alpha value is -4.53. The average molecular weight is 622 g/mol. The number of fused-ring (bicyclic) bond motifs is 1. The Labute approximate surface area is 267 Å². The molecule has 0 spiro atoms. The molecule has 0 bridgehead atoms. The van der Waals surface area contributed by atoms with Crippen LogP contribution in [0.2, 0.25) is 0 Å². The quantitative estimate of drug-likeness (QED) is 0.256. The van der Waals surface area contributed by atoms with Gasteiger partial charge in [-0.2, -0.15) is 15.3 Å². The molecule has 2 fully saturated rings. The highest BCUT2D eigenvalue weighted by molar-refractivity contribution is 6.04. The second kappa shape index (κ2) is 12.7. The number of oxime groups is 1. The molecule has 7 rings (SSSR count). The van der Waals surface area contributed by atoms with Crippen molar-refractivity contribution >= 4 is 11.6 Å². The monoisotopic (exact) mass is 621 g/mol. The van der Waals surface area contributed by atoms with Gasteiger partial charge in [0.1, 0.15) is 6.33 Å². The molecule has 0 saturated heterocycles. The number of hydrogen-bond acceptors (Lipinski definition) is 9. The molecule has 2 aromatic carbocycles. The highest BCUT2D eigenvalue weighted by atomic mass is 16.7. The first-order chi connectivity index (χ1) is 22.5. The zero-order chi connectivity index (χ0) is 31.7. The van der Waals surface area contributed by atoms with Gasteiger partial charge in [0.05, 0.1) is 29.9 Å². The number of nitriles is 1. The first-order valence-corrected chi connectivity index (χ1v) is 16.3. The highest BCUT2D eigenvalue weighted by Gasteiger charge is 2.39. The van der Waals surface area contributed by atoms with Gasteiger partial charge in [-0.05, 0) is 61.6 Å². The standard InChI is InChI=1S/C35H39N7O4/c1-2-6-30-29(19-23-9-11-24(12-10-23)27-7-3-4-8-28(27)31-39-34(44)46-40-31)32(43)41(33-37-22-38-42(30)33)25-13-15-26(16-14-25)45-21-35(20-36)17-5-18-35/h3-4,7-12,22,25-26,34,44H,2,5-6,13-19,21H2,1H3,(H,39,40)/t25-,26-,34?.